The summed E-state index contributed by atoms with van der Waals surface area (Å²) in [5, 5.41) is 6.49. The third-order valence-corrected chi connectivity index (χ3v) is 6.61. The molecule has 0 spiro atoms. The maximum Gasteiger partial charge on any atom is 0.244 e. The predicted octanol–water partition coefficient (Wildman–Crippen LogP) is 3.77. The van der Waals surface area contributed by atoms with Crippen molar-refractivity contribution in [1.82, 2.24) is 14.8 Å². The number of piperazine rings is 1. The average Bonchev–Trinajstić information content (AvgIpc) is 3.24. The first-order valence-corrected chi connectivity index (χ1v) is 11.5. The van der Waals surface area contributed by atoms with Gasteiger partial charge in [0.25, 0.3) is 0 Å². The summed E-state index contributed by atoms with van der Waals surface area (Å²) >= 11 is 3.49. The first kappa shape index (κ1) is 22.0. The van der Waals surface area contributed by atoms with Gasteiger partial charge in [-0.1, -0.05) is 40.2 Å². The van der Waals surface area contributed by atoms with Crippen molar-refractivity contribution in [2.24, 2.45) is 5.10 Å². The van der Waals surface area contributed by atoms with E-state index >= 15 is 0 Å². The van der Waals surface area contributed by atoms with Crippen LogP contribution >= 0.6 is 15.9 Å². The minimum Gasteiger partial charge on any atom is -0.497 e. The number of nitrogens with zero attached hydrogens (tertiary/aromatic N) is 4. The van der Waals surface area contributed by atoms with Crippen LogP contribution in [0.15, 0.2) is 58.1 Å². The Balaban J connectivity index is 1.51. The molecule has 4 rings (SSSR count). The third-order valence-electron chi connectivity index (χ3n) is 6.08. The Bertz CT molecular complexity index is 922. The van der Waals surface area contributed by atoms with Crippen molar-refractivity contribution < 1.29 is 9.53 Å². The van der Waals surface area contributed by atoms with Crippen LogP contribution in [-0.4, -0.2) is 73.3 Å². The third kappa shape index (κ3) is 5.34. The number of hydrogen-bond acceptors (Lipinski definition) is 5. The summed E-state index contributed by atoms with van der Waals surface area (Å²) < 4.78 is 6.33. The molecular weight excluding hydrogens is 456 g/mol. The van der Waals surface area contributed by atoms with E-state index in [-0.39, 0.29) is 11.9 Å². The molecule has 1 atom stereocenters. The summed E-state index contributed by atoms with van der Waals surface area (Å²) in [5.74, 6) is 0.885. The summed E-state index contributed by atoms with van der Waals surface area (Å²) in [7, 11) is 3.80. The van der Waals surface area contributed by atoms with Crippen LogP contribution in [0.1, 0.15) is 30.0 Å². The summed E-state index contributed by atoms with van der Waals surface area (Å²) in [4.78, 5) is 17.9. The van der Waals surface area contributed by atoms with Crippen LogP contribution in [-0.2, 0) is 4.79 Å². The molecule has 31 heavy (non-hydrogen) atoms. The maximum atomic E-state index is 13.2. The van der Waals surface area contributed by atoms with Gasteiger partial charge in [0.05, 0.1) is 18.9 Å². The highest BCUT2D eigenvalue weighted by Gasteiger charge is 2.33. The molecule has 0 aromatic heterocycles. The standard InChI is InChI=1S/C24H29BrN4O2/c1-27-13-15-28(16-14-27)12-11-24(30)29-23(19-5-9-21(31-2)10-6-19)17-22(26-29)18-3-7-20(25)8-4-18/h3-10,23H,11-17H2,1-2H3/t23-/m0/s1. The van der Waals surface area contributed by atoms with Crippen LogP contribution < -0.4 is 4.74 Å². The molecule has 0 aliphatic carbocycles. The van der Waals surface area contributed by atoms with Crippen LogP contribution in [0.5, 0.6) is 5.75 Å². The molecule has 0 unspecified atom stereocenters. The highest BCUT2D eigenvalue weighted by atomic mass is 79.9. The van der Waals surface area contributed by atoms with Gasteiger partial charge in [-0.3, -0.25) is 4.79 Å². The molecule has 2 aliphatic heterocycles. The number of rotatable bonds is 6. The van der Waals surface area contributed by atoms with E-state index in [0.29, 0.717) is 12.8 Å². The molecule has 7 heteroatoms. The molecular formula is C24H29BrN4O2. The number of benzene rings is 2. The van der Waals surface area contributed by atoms with Gasteiger partial charge in [-0.25, -0.2) is 5.01 Å². The first-order chi connectivity index (χ1) is 15.0. The number of hydrazone groups is 1. The lowest BCUT2D eigenvalue weighted by atomic mass is 9.98. The average molecular weight is 485 g/mol. The smallest absolute Gasteiger partial charge is 0.244 e. The molecule has 0 saturated carbocycles. The molecule has 2 heterocycles. The molecule has 2 aromatic carbocycles. The second-order valence-electron chi connectivity index (χ2n) is 8.18. The summed E-state index contributed by atoms with van der Waals surface area (Å²) in [6.45, 7) is 4.91. The lowest BCUT2D eigenvalue weighted by Gasteiger charge is -2.32. The molecule has 0 bridgehead atoms. The zero-order valence-electron chi connectivity index (χ0n) is 18.1. The van der Waals surface area contributed by atoms with Gasteiger partial charge in [-0.05, 0) is 42.4 Å². The molecule has 2 aromatic rings. The van der Waals surface area contributed by atoms with Crippen LogP contribution in [0.2, 0.25) is 0 Å². The van der Waals surface area contributed by atoms with E-state index in [1.165, 1.54) is 0 Å². The zero-order valence-corrected chi connectivity index (χ0v) is 19.7. The fraction of sp³-hybridized carbons (Fsp3) is 0.417. The Morgan fingerprint density at radius 2 is 1.74 bits per heavy atom. The van der Waals surface area contributed by atoms with Crippen molar-refractivity contribution in [3.05, 3.63) is 64.1 Å². The van der Waals surface area contributed by atoms with E-state index in [2.05, 4.69) is 32.8 Å². The van der Waals surface area contributed by atoms with Crippen LogP contribution in [0.4, 0.5) is 0 Å². The summed E-state index contributed by atoms with van der Waals surface area (Å²) in [5.41, 5.74) is 3.07. The van der Waals surface area contributed by atoms with Crippen molar-refractivity contribution in [3.8, 4) is 5.75 Å². The molecule has 0 N–H and O–H groups in total. The van der Waals surface area contributed by atoms with Gasteiger partial charge >= 0.3 is 0 Å². The van der Waals surface area contributed by atoms with Crippen molar-refractivity contribution in [2.75, 3.05) is 46.9 Å². The van der Waals surface area contributed by atoms with Gasteiger partial charge in [0.2, 0.25) is 5.91 Å². The Morgan fingerprint density at radius 3 is 2.39 bits per heavy atom. The molecule has 1 amide bonds. The van der Waals surface area contributed by atoms with E-state index in [4.69, 9.17) is 9.84 Å². The SMILES string of the molecule is COc1ccc([C@@H]2CC(c3ccc(Br)cc3)=NN2C(=O)CCN2CCN(C)CC2)cc1. The number of methoxy groups -OCH3 is 1. The predicted molar refractivity (Wildman–Crippen MR) is 126 cm³/mol. The molecule has 1 fully saturated rings. The van der Waals surface area contributed by atoms with Crippen molar-refractivity contribution >= 4 is 27.5 Å². The van der Waals surface area contributed by atoms with Gasteiger partial charge < -0.3 is 14.5 Å². The highest BCUT2D eigenvalue weighted by Crippen LogP contribution is 2.34. The highest BCUT2D eigenvalue weighted by molar-refractivity contribution is 9.10. The minimum absolute atomic E-state index is 0.0758. The fourth-order valence-corrected chi connectivity index (χ4v) is 4.35. The number of amides is 1. The van der Waals surface area contributed by atoms with E-state index < -0.39 is 0 Å². The van der Waals surface area contributed by atoms with Crippen molar-refractivity contribution in [1.29, 1.82) is 0 Å². The van der Waals surface area contributed by atoms with E-state index in [0.717, 1.165) is 59.8 Å². The summed E-state index contributed by atoms with van der Waals surface area (Å²) in [6, 6.07) is 16.0. The largest absolute Gasteiger partial charge is 0.497 e. The fourth-order valence-electron chi connectivity index (χ4n) is 4.08. The molecule has 2 aliphatic rings. The van der Waals surface area contributed by atoms with Gasteiger partial charge in [-0.2, -0.15) is 5.10 Å². The Hall–Kier alpha value is -2.22. The minimum atomic E-state index is -0.0930. The summed E-state index contributed by atoms with van der Waals surface area (Å²) in [6.07, 6.45) is 1.18. The number of halogens is 1. The van der Waals surface area contributed by atoms with Crippen molar-refractivity contribution in [2.45, 2.75) is 18.9 Å². The van der Waals surface area contributed by atoms with Gasteiger partial charge in [-0.15, -0.1) is 0 Å². The Morgan fingerprint density at radius 1 is 1.06 bits per heavy atom. The van der Waals surface area contributed by atoms with Gasteiger partial charge in [0.15, 0.2) is 0 Å². The Labute approximate surface area is 192 Å². The number of carbonyl (C=O) groups is 1. The quantitative estimate of drug-likeness (QED) is 0.625. The zero-order chi connectivity index (χ0) is 21.8. The topological polar surface area (TPSA) is 48.4 Å². The number of ether oxygens (including phenoxy) is 1. The van der Waals surface area contributed by atoms with E-state index in [1.54, 1.807) is 12.1 Å². The lowest BCUT2D eigenvalue weighted by molar-refractivity contribution is -0.133. The maximum absolute atomic E-state index is 13.2. The number of carbonyl (C=O) groups excluding carboxylic acids is 1. The second-order valence-corrected chi connectivity index (χ2v) is 9.10. The molecule has 164 valence electrons. The molecule has 6 nitrogen and oxygen atoms in total. The van der Waals surface area contributed by atoms with Gasteiger partial charge in [0.1, 0.15) is 5.75 Å². The van der Waals surface area contributed by atoms with Crippen molar-refractivity contribution in [3.63, 3.8) is 0 Å². The van der Waals surface area contributed by atoms with Crippen LogP contribution in [0.25, 0.3) is 0 Å². The van der Waals surface area contributed by atoms with Crippen LogP contribution in [0, 0.1) is 0 Å². The van der Waals surface area contributed by atoms with E-state index in [9.17, 15) is 4.79 Å². The molecule has 1 saturated heterocycles. The van der Waals surface area contributed by atoms with Gasteiger partial charge in [0, 0.05) is 50.0 Å². The monoisotopic (exact) mass is 484 g/mol. The van der Waals surface area contributed by atoms with E-state index in [1.807, 2.05) is 48.5 Å². The lowest BCUT2D eigenvalue weighted by Crippen LogP contribution is -2.45. The number of likely N-dealkylation sites (N-methyl/N-ethyl adjacent to an activating group) is 1. The van der Waals surface area contributed by atoms with Crippen LogP contribution in [0.3, 0.4) is 0 Å². The second kappa shape index (κ2) is 9.94. The first-order valence-electron chi connectivity index (χ1n) is 10.7. The number of hydrogen-bond donors (Lipinski definition) is 0. The Kier molecular flexibility index (Phi) is 7.05. The normalized spacial score (nSPS) is 20.0. The molecule has 0 radical (unpaired) electrons.